The molecule has 5 nitrogen and oxygen atoms in total. The van der Waals surface area contributed by atoms with Crippen LogP contribution in [0.1, 0.15) is 194 Å². The second kappa shape index (κ2) is 34.1. The second-order valence-corrected chi connectivity index (χ2v) is 14.3. The lowest BCUT2D eigenvalue weighted by molar-refractivity contribution is -0.140. The van der Waals surface area contributed by atoms with Gasteiger partial charge in [-0.15, -0.1) is 0 Å². The molecule has 0 aliphatic carbocycles. The van der Waals surface area contributed by atoms with E-state index in [0.29, 0.717) is 19.4 Å². The third-order valence-electron chi connectivity index (χ3n) is 9.39. The first-order valence-corrected chi connectivity index (χ1v) is 20.1. The molecule has 0 saturated heterocycles. The third-order valence-corrected chi connectivity index (χ3v) is 9.39. The maximum Gasteiger partial charge on any atom is 0.223 e. The molecule has 2 N–H and O–H groups in total. The number of hydrogen-bond donors (Lipinski definition) is 1. The lowest BCUT2D eigenvalue weighted by atomic mass is 9.80. The number of hydrogen-bond acceptors (Lipinski definition) is 4. The predicted octanol–water partition coefficient (Wildman–Crippen LogP) is 11.5. The zero-order chi connectivity index (χ0) is 34.8. The van der Waals surface area contributed by atoms with Gasteiger partial charge in [0.25, 0.3) is 0 Å². The molecule has 1 amide bonds. The van der Waals surface area contributed by atoms with E-state index in [1.165, 1.54) is 103 Å². The van der Waals surface area contributed by atoms with E-state index in [2.05, 4.69) is 38.2 Å². The molecule has 0 fully saturated rings. The molecule has 0 aliphatic heterocycles. The zero-order valence-corrected chi connectivity index (χ0v) is 31.7. The highest BCUT2D eigenvalue weighted by Crippen LogP contribution is 2.23. The number of carbonyl (C=O) groups excluding carboxylic acids is 3. The number of ketones is 2. The molecule has 0 saturated carbocycles. The van der Waals surface area contributed by atoms with Crippen molar-refractivity contribution in [1.82, 2.24) is 4.90 Å². The van der Waals surface area contributed by atoms with E-state index in [0.717, 1.165) is 64.2 Å². The van der Waals surface area contributed by atoms with Crippen LogP contribution in [0.15, 0.2) is 24.3 Å². The zero-order valence-electron chi connectivity index (χ0n) is 31.7. The molecule has 0 radical (unpaired) electrons. The summed E-state index contributed by atoms with van der Waals surface area (Å²) < 4.78 is 0. The van der Waals surface area contributed by atoms with Gasteiger partial charge in [0.05, 0.1) is 11.8 Å². The number of nitrogens with two attached hydrogens (primary N) is 1. The fourth-order valence-electron chi connectivity index (χ4n) is 6.43. The largest absolute Gasteiger partial charge is 0.369 e. The van der Waals surface area contributed by atoms with Crippen LogP contribution in [0.5, 0.6) is 0 Å². The van der Waals surface area contributed by atoms with E-state index in [1.54, 1.807) is 0 Å². The van der Waals surface area contributed by atoms with Crippen LogP contribution in [0.4, 0.5) is 0 Å². The van der Waals surface area contributed by atoms with E-state index in [1.807, 2.05) is 19.0 Å². The third kappa shape index (κ3) is 28.9. The first-order valence-electron chi connectivity index (χ1n) is 20.1. The van der Waals surface area contributed by atoms with Gasteiger partial charge in [0, 0.05) is 19.4 Å². The fraction of sp³-hybridized carbons (Fsp3) is 0.833. The average Bonchev–Trinajstić information content (AvgIpc) is 3.04. The summed E-state index contributed by atoms with van der Waals surface area (Å²) in [7, 11) is 3.71. The van der Waals surface area contributed by atoms with Gasteiger partial charge in [0.2, 0.25) is 5.91 Å². The summed E-state index contributed by atoms with van der Waals surface area (Å²) in [6.07, 6.45) is 41.3. The van der Waals surface area contributed by atoms with Crippen LogP contribution in [-0.4, -0.2) is 43.0 Å². The van der Waals surface area contributed by atoms with Crippen LogP contribution in [-0.2, 0) is 14.4 Å². The van der Waals surface area contributed by atoms with Crippen molar-refractivity contribution in [1.29, 1.82) is 0 Å². The van der Waals surface area contributed by atoms with Crippen molar-refractivity contribution in [2.24, 2.45) is 17.6 Å². The Bertz CT molecular complexity index is 752. The number of allylic oxidation sites excluding steroid dienone is 4. The Morgan fingerprint density at radius 3 is 1.09 bits per heavy atom. The highest BCUT2D eigenvalue weighted by molar-refractivity contribution is 6.05. The topological polar surface area (TPSA) is 80.5 Å². The van der Waals surface area contributed by atoms with Gasteiger partial charge in [-0.05, 0) is 78.3 Å². The molecular weight excluding hydrogens is 580 g/mol. The molecular formula is C42H78N2O3. The summed E-state index contributed by atoms with van der Waals surface area (Å²) in [4.78, 5) is 40.9. The molecule has 0 aromatic rings. The Morgan fingerprint density at radius 2 is 0.787 bits per heavy atom. The standard InChI is InChI=1S/C42H78N2O3/c1-5-7-9-11-13-15-17-19-21-23-25-27-29-31-33-35-39(45)41(38(42(43)47)37-44(3)4)40(46)36-34-32-30-28-26-24-22-20-18-16-14-12-10-8-6-2/h19-22,38,41H,5-18,23-37H2,1-4H3,(H2,43,47)/b21-19-,22-20-. The summed E-state index contributed by atoms with van der Waals surface area (Å²) in [5, 5.41) is 0. The highest BCUT2D eigenvalue weighted by atomic mass is 16.2. The average molecular weight is 659 g/mol. The van der Waals surface area contributed by atoms with Crippen LogP contribution >= 0.6 is 0 Å². The SMILES string of the molecule is CCCCCCCC/C=C\CCCCCCCC(=O)C(C(=O)CCCCCCC/C=C\CCCCCCCC)C(CN(C)C)C(N)=O. The van der Waals surface area contributed by atoms with E-state index >= 15 is 0 Å². The molecule has 0 aromatic heterocycles. The summed E-state index contributed by atoms with van der Waals surface area (Å²) in [6.45, 7) is 4.85. The van der Waals surface area contributed by atoms with Gasteiger partial charge in [-0.25, -0.2) is 0 Å². The van der Waals surface area contributed by atoms with Gasteiger partial charge >= 0.3 is 0 Å². The van der Waals surface area contributed by atoms with Crippen LogP contribution in [0, 0.1) is 11.8 Å². The van der Waals surface area contributed by atoms with Gasteiger partial charge in [0.15, 0.2) is 0 Å². The Balaban J connectivity index is 4.32. The van der Waals surface area contributed by atoms with Crippen molar-refractivity contribution in [3.05, 3.63) is 24.3 Å². The molecule has 0 aliphatic rings. The van der Waals surface area contributed by atoms with Gasteiger partial charge in [-0.3, -0.25) is 14.4 Å². The highest BCUT2D eigenvalue weighted by Gasteiger charge is 2.37. The predicted molar refractivity (Wildman–Crippen MR) is 204 cm³/mol. The number of Topliss-reactive ketones (excluding diaryl/α,β-unsaturated/α-hetero) is 2. The number of rotatable bonds is 36. The number of amides is 1. The fourth-order valence-corrected chi connectivity index (χ4v) is 6.43. The van der Waals surface area contributed by atoms with Crippen molar-refractivity contribution in [3.63, 3.8) is 0 Å². The number of primary amides is 1. The number of nitrogens with zero attached hydrogens (tertiary/aromatic N) is 1. The number of carbonyl (C=O) groups is 3. The van der Waals surface area contributed by atoms with E-state index < -0.39 is 17.7 Å². The van der Waals surface area contributed by atoms with Gasteiger partial charge in [-0.2, -0.15) is 0 Å². The molecule has 0 aromatic carbocycles. The van der Waals surface area contributed by atoms with Gasteiger partial charge in [-0.1, -0.05) is 141 Å². The van der Waals surface area contributed by atoms with Crippen LogP contribution in [0.25, 0.3) is 0 Å². The molecule has 5 heteroatoms. The Morgan fingerprint density at radius 1 is 0.489 bits per heavy atom. The molecule has 0 rings (SSSR count). The molecule has 47 heavy (non-hydrogen) atoms. The summed E-state index contributed by atoms with van der Waals surface area (Å²) in [5.74, 6) is -2.38. The lowest BCUT2D eigenvalue weighted by Gasteiger charge is -2.25. The van der Waals surface area contributed by atoms with Crippen LogP contribution in [0.3, 0.4) is 0 Å². The molecule has 1 unspecified atom stereocenters. The monoisotopic (exact) mass is 659 g/mol. The van der Waals surface area contributed by atoms with Crippen molar-refractivity contribution in [2.75, 3.05) is 20.6 Å². The first kappa shape index (κ1) is 45.2. The van der Waals surface area contributed by atoms with E-state index in [-0.39, 0.29) is 11.6 Å². The van der Waals surface area contributed by atoms with Crippen molar-refractivity contribution < 1.29 is 14.4 Å². The molecule has 0 heterocycles. The van der Waals surface area contributed by atoms with Crippen LogP contribution in [0.2, 0.25) is 0 Å². The summed E-state index contributed by atoms with van der Waals surface area (Å²) in [6, 6.07) is 0. The number of unbranched alkanes of at least 4 members (excludes halogenated alkanes) is 22. The van der Waals surface area contributed by atoms with Crippen molar-refractivity contribution in [3.8, 4) is 0 Å². The van der Waals surface area contributed by atoms with Gasteiger partial charge < -0.3 is 10.6 Å². The van der Waals surface area contributed by atoms with Gasteiger partial charge in [0.1, 0.15) is 11.6 Å². The molecule has 1 atom stereocenters. The molecule has 274 valence electrons. The maximum atomic E-state index is 13.3. The minimum atomic E-state index is -0.900. The Hall–Kier alpha value is -1.75. The Labute approximate surface area is 292 Å². The minimum absolute atomic E-state index is 0.0916. The normalized spacial score (nSPS) is 12.6. The van der Waals surface area contributed by atoms with E-state index in [9.17, 15) is 14.4 Å². The molecule has 0 spiro atoms. The van der Waals surface area contributed by atoms with Crippen molar-refractivity contribution >= 4 is 17.5 Å². The summed E-state index contributed by atoms with van der Waals surface area (Å²) >= 11 is 0. The second-order valence-electron chi connectivity index (χ2n) is 14.3. The van der Waals surface area contributed by atoms with Crippen molar-refractivity contribution in [2.45, 2.75) is 194 Å². The molecule has 0 bridgehead atoms. The van der Waals surface area contributed by atoms with Crippen LogP contribution < -0.4 is 5.73 Å². The minimum Gasteiger partial charge on any atom is -0.369 e. The first-order chi connectivity index (χ1) is 22.8. The quantitative estimate of drug-likeness (QED) is 0.0413. The Kier molecular flexibility index (Phi) is 32.9. The summed E-state index contributed by atoms with van der Waals surface area (Å²) in [5.41, 5.74) is 5.75. The maximum absolute atomic E-state index is 13.3. The smallest absolute Gasteiger partial charge is 0.223 e. The lowest BCUT2D eigenvalue weighted by Crippen LogP contribution is -2.44. The van der Waals surface area contributed by atoms with E-state index in [4.69, 9.17) is 5.73 Å².